The number of fused-ring (bicyclic) bond motifs is 2. The fraction of sp³-hybridized carbons (Fsp3) is 0.200. The molecule has 6 heteroatoms. The van der Waals surface area contributed by atoms with Gasteiger partial charge in [-0.05, 0) is 44.5 Å². The van der Waals surface area contributed by atoms with Crippen molar-refractivity contribution in [2.45, 2.75) is 33.3 Å². The van der Waals surface area contributed by atoms with Crippen molar-refractivity contribution in [3.8, 4) is 5.75 Å². The first-order valence-corrected chi connectivity index (χ1v) is 12.7. The van der Waals surface area contributed by atoms with Gasteiger partial charge >= 0.3 is 5.97 Å². The minimum Gasteiger partial charge on any atom is -0.489 e. The summed E-state index contributed by atoms with van der Waals surface area (Å²) < 4.78 is 12.6. The van der Waals surface area contributed by atoms with Crippen molar-refractivity contribution in [2.75, 3.05) is 6.61 Å². The van der Waals surface area contributed by atoms with Gasteiger partial charge in [-0.15, -0.1) is 0 Å². The summed E-state index contributed by atoms with van der Waals surface area (Å²) >= 11 is 3.58. The Bertz CT molecular complexity index is 1440. The van der Waals surface area contributed by atoms with Crippen LogP contribution in [0.15, 0.2) is 88.0 Å². The van der Waals surface area contributed by atoms with Crippen LogP contribution in [0.3, 0.4) is 0 Å². The smallest absolute Gasteiger partial charge is 0.336 e. The van der Waals surface area contributed by atoms with Crippen LogP contribution in [0.1, 0.15) is 52.4 Å². The zero-order chi connectivity index (χ0) is 25.4. The molecular weight excluding hydrogens is 518 g/mol. The summed E-state index contributed by atoms with van der Waals surface area (Å²) in [6.45, 7) is 6.26. The van der Waals surface area contributed by atoms with E-state index in [1.54, 1.807) is 6.92 Å². The van der Waals surface area contributed by atoms with Crippen molar-refractivity contribution in [3.05, 3.63) is 116 Å². The molecule has 2 aliphatic rings. The molecular formula is C30H26BrNO4. The average Bonchev–Trinajstić information content (AvgIpc) is 3.15. The van der Waals surface area contributed by atoms with Gasteiger partial charge in [-0.1, -0.05) is 70.0 Å². The summed E-state index contributed by atoms with van der Waals surface area (Å²) in [7, 11) is 0. The van der Waals surface area contributed by atoms with Gasteiger partial charge < -0.3 is 14.8 Å². The number of hydrogen-bond donors (Lipinski definition) is 1. The molecule has 1 aliphatic heterocycles. The number of Topliss-reactive ketones (excluding diaryl/α,β-unsaturated/α-hetero) is 1. The van der Waals surface area contributed by atoms with Gasteiger partial charge in [-0.3, -0.25) is 4.79 Å². The van der Waals surface area contributed by atoms with Crippen molar-refractivity contribution in [3.63, 3.8) is 0 Å². The summed E-state index contributed by atoms with van der Waals surface area (Å²) in [5.41, 5.74) is 6.73. The highest BCUT2D eigenvalue weighted by Crippen LogP contribution is 2.49. The summed E-state index contributed by atoms with van der Waals surface area (Å²) in [6.07, 6.45) is 0. The molecule has 1 aliphatic carbocycles. The number of carbonyl (C=O) groups is 2. The van der Waals surface area contributed by atoms with E-state index in [0.717, 1.165) is 26.9 Å². The number of benzene rings is 3. The first-order valence-electron chi connectivity index (χ1n) is 11.9. The number of nitrogens with one attached hydrogen (secondary N) is 1. The lowest BCUT2D eigenvalue weighted by Crippen LogP contribution is -2.29. The van der Waals surface area contributed by atoms with Crippen molar-refractivity contribution in [1.82, 2.24) is 5.32 Å². The van der Waals surface area contributed by atoms with E-state index >= 15 is 0 Å². The maximum Gasteiger partial charge on any atom is 0.336 e. The molecule has 36 heavy (non-hydrogen) atoms. The van der Waals surface area contributed by atoms with E-state index in [1.807, 2.05) is 80.6 Å². The summed E-state index contributed by atoms with van der Waals surface area (Å²) in [6, 6.07) is 21.4. The van der Waals surface area contributed by atoms with Crippen LogP contribution in [0.2, 0.25) is 0 Å². The lowest BCUT2D eigenvalue weighted by atomic mass is 9.79. The topological polar surface area (TPSA) is 64.6 Å². The van der Waals surface area contributed by atoms with Crippen LogP contribution in [0.4, 0.5) is 0 Å². The molecule has 5 nitrogen and oxygen atoms in total. The molecule has 0 saturated carbocycles. The predicted molar refractivity (Wildman–Crippen MR) is 143 cm³/mol. The number of dihydropyridines is 1. The third-order valence-electron chi connectivity index (χ3n) is 6.54. The molecule has 1 heterocycles. The minimum atomic E-state index is -0.647. The van der Waals surface area contributed by atoms with Gasteiger partial charge in [-0.25, -0.2) is 4.79 Å². The van der Waals surface area contributed by atoms with E-state index in [2.05, 4.69) is 21.2 Å². The molecule has 1 atom stereocenters. The zero-order valence-electron chi connectivity index (χ0n) is 20.4. The SMILES string of the molecule is CCOC(=O)C1=C(C)NC2=C(C(=O)c3ccccc32)[C@@H]1c1cc(Br)ccc1OCc1ccc(C)cc1. The molecule has 0 unspecified atom stereocenters. The Labute approximate surface area is 219 Å². The van der Waals surface area contributed by atoms with E-state index in [1.165, 1.54) is 5.56 Å². The average molecular weight is 544 g/mol. The van der Waals surface area contributed by atoms with Crippen LogP contribution in [0.5, 0.6) is 5.75 Å². The highest BCUT2D eigenvalue weighted by molar-refractivity contribution is 9.10. The van der Waals surface area contributed by atoms with E-state index in [-0.39, 0.29) is 12.4 Å². The van der Waals surface area contributed by atoms with E-state index in [9.17, 15) is 9.59 Å². The quantitative estimate of drug-likeness (QED) is 0.361. The van der Waals surface area contributed by atoms with Crippen LogP contribution in [0, 0.1) is 6.92 Å². The van der Waals surface area contributed by atoms with E-state index in [4.69, 9.17) is 9.47 Å². The van der Waals surface area contributed by atoms with Crippen LogP contribution in [-0.2, 0) is 16.1 Å². The number of carbonyl (C=O) groups excluding carboxylic acids is 2. The van der Waals surface area contributed by atoms with Gasteiger partial charge in [0.1, 0.15) is 12.4 Å². The van der Waals surface area contributed by atoms with Gasteiger partial charge in [0.2, 0.25) is 0 Å². The summed E-state index contributed by atoms with van der Waals surface area (Å²) in [5.74, 6) is -0.592. The number of esters is 1. The zero-order valence-corrected chi connectivity index (χ0v) is 21.9. The van der Waals surface area contributed by atoms with E-state index < -0.39 is 11.9 Å². The Balaban J connectivity index is 1.64. The van der Waals surface area contributed by atoms with Crippen LogP contribution in [-0.4, -0.2) is 18.4 Å². The Morgan fingerprint density at radius 3 is 2.44 bits per heavy atom. The van der Waals surface area contributed by atoms with Gasteiger partial charge in [0, 0.05) is 32.4 Å². The first kappa shape index (κ1) is 24.1. The largest absolute Gasteiger partial charge is 0.489 e. The molecule has 3 aromatic rings. The second-order valence-corrected chi connectivity index (χ2v) is 9.85. The maximum atomic E-state index is 13.7. The summed E-state index contributed by atoms with van der Waals surface area (Å²) in [4.78, 5) is 27.0. The summed E-state index contributed by atoms with van der Waals surface area (Å²) in [5, 5.41) is 3.34. The number of halogens is 1. The highest BCUT2D eigenvalue weighted by Gasteiger charge is 2.44. The Hall–Kier alpha value is -3.64. The first-order chi connectivity index (χ1) is 17.4. The number of rotatable bonds is 6. The van der Waals surface area contributed by atoms with Gasteiger partial charge in [0.05, 0.1) is 23.8 Å². The molecule has 0 spiro atoms. The third-order valence-corrected chi connectivity index (χ3v) is 7.04. The number of allylic oxidation sites excluding steroid dienone is 2. The molecule has 0 bridgehead atoms. The van der Waals surface area contributed by atoms with E-state index in [0.29, 0.717) is 34.8 Å². The second kappa shape index (κ2) is 9.78. The normalized spacial score (nSPS) is 16.4. The fourth-order valence-corrected chi connectivity index (χ4v) is 5.22. The number of ether oxygens (including phenoxy) is 2. The van der Waals surface area contributed by atoms with Crippen molar-refractivity contribution >= 4 is 33.4 Å². The molecule has 0 aromatic heterocycles. The standard InChI is InChI=1S/C30H26BrNO4/c1-4-35-30(34)25-18(3)32-28-21-7-5-6-8-22(21)29(33)27(28)26(25)23-15-20(31)13-14-24(23)36-16-19-11-9-17(2)10-12-19/h5-15,26,32H,4,16H2,1-3H3/t26-/m1/s1. The number of aryl methyl sites for hydroxylation is 1. The third kappa shape index (κ3) is 4.26. The second-order valence-electron chi connectivity index (χ2n) is 8.94. The lowest BCUT2D eigenvalue weighted by molar-refractivity contribution is -0.138. The Morgan fingerprint density at radius 1 is 1.00 bits per heavy atom. The molecule has 182 valence electrons. The predicted octanol–water partition coefficient (Wildman–Crippen LogP) is 6.47. The Kier molecular flexibility index (Phi) is 6.54. The van der Waals surface area contributed by atoms with Crippen molar-refractivity contribution in [2.24, 2.45) is 0 Å². The monoisotopic (exact) mass is 543 g/mol. The highest BCUT2D eigenvalue weighted by atomic mass is 79.9. The van der Waals surface area contributed by atoms with Crippen LogP contribution in [0.25, 0.3) is 5.70 Å². The Morgan fingerprint density at radius 2 is 1.72 bits per heavy atom. The lowest BCUT2D eigenvalue weighted by Gasteiger charge is -2.30. The van der Waals surface area contributed by atoms with Gasteiger partial charge in [-0.2, -0.15) is 0 Å². The van der Waals surface area contributed by atoms with Gasteiger partial charge in [0.15, 0.2) is 5.78 Å². The van der Waals surface area contributed by atoms with Crippen molar-refractivity contribution < 1.29 is 19.1 Å². The number of ketones is 1. The molecule has 3 aromatic carbocycles. The van der Waals surface area contributed by atoms with Crippen LogP contribution >= 0.6 is 15.9 Å². The molecule has 5 rings (SSSR count). The molecule has 0 saturated heterocycles. The molecule has 0 amide bonds. The molecule has 1 N–H and O–H groups in total. The van der Waals surface area contributed by atoms with Crippen LogP contribution < -0.4 is 10.1 Å². The minimum absolute atomic E-state index is 0.100. The molecule has 0 fully saturated rings. The maximum absolute atomic E-state index is 13.7. The fourth-order valence-electron chi connectivity index (χ4n) is 4.84. The molecule has 0 radical (unpaired) electrons. The van der Waals surface area contributed by atoms with Gasteiger partial charge in [0.25, 0.3) is 0 Å². The van der Waals surface area contributed by atoms with Crippen molar-refractivity contribution in [1.29, 1.82) is 0 Å². The number of hydrogen-bond acceptors (Lipinski definition) is 5.